The molecule has 1 atom stereocenters. The maximum absolute atomic E-state index is 12.5. The number of benzene rings is 1. The van der Waals surface area contributed by atoms with E-state index in [0.29, 0.717) is 5.56 Å². The molecule has 0 amide bonds. The molecule has 0 spiro atoms. The number of aromatic nitrogens is 2. The zero-order valence-corrected chi connectivity index (χ0v) is 13.9. The number of methoxy groups -OCH3 is 1. The molecule has 2 rings (SSSR count). The van der Waals surface area contributed by atoms with Crippen LogP contribution in [0.2, 0.25) is 0 Å². The van der Waals surface area contributed by atoms with E-state index in [4.69, 9.17) is 10.5 Å². The zero-order chi connectivity index (χ0) is 18.9. The number of hydrogen-bond acceptors (Lipinski definition) is 7. The third-order valence-electron chi connectivity index (χ3n) is 4.03. The Morgan fingerprint density at radius 2 is 1.96 bits per heavy atom. The summed E-state index contributed by atoms with van der Waals surface area (Å²) in [5.74, 6) is -1.21. The molecule has 0 bridgehead atoms. The van der Waals surface area contributed by atoms with E-state index in [1.54, 1.807) is 0 Å². The normalized spacial score (nSPS) is 12.0. The number of phenolic OH excluding ortho intramolecular Hbond substituents is 1. The minimum Gasteiger partial charge on any atom is -0.504 e. The Labute approximate surface area is 141 Å². The second-order valence-corrected chi connectivity index (χ2v) is 5.50. The standard InChI is InChI=1S/C15H18N4O6/c1-17-13(16)12(14(21)18(2)15(17)22)9(7-19(23)24)8-4-5-10(20)11(6-8)25-3/h4-6,9,20H,7,16H2,1-3H3/t9-/m1/s1. The quantitative estimate of drug-likeness (QED) is 0.561. The van der Waals surface area contributed by atoms with E-state index in [-0.39, 0.29) is 22.9 Å². The molecule has 10 heteroatoms. The molecular weight excluding hydrogens is 332 g/mol. The van der Waals surface area contributed by atoms with Crippen molar-refractivity contribution in [3.63, 3.8) is 0 Å². The Hall–Kier alpha value is -3.30. The van der Waals surface area contributed by atoms with Gasteiger partial charge in [-0.25, -0.2) is 4.79 Å². The van der Waals surface area contributed by atoms with Crippen LogP contribution in [0.1, 0.15) is 17.0 Å². The second-order valence-electron chi connectivity index (χ2n) is 5.50. The van der Waals surface area contributed by atoms with Crippen LogP contribution in [0.5, 0.6) is 11.5 Å². The van der Waals surface area contributed by atoms with E-state index in [1.807, 2.05) is 0 Å². The summed E-state index contributed by atoms with van der Waals surface area (Å²) >= 11 is 0. The summed E-state index contributed by atoms with van der Waals surface area (Å²) in [6.07, 6.45) is 0. The molecule has 10 nitrogen and oxygen atoms in total. The number of nitrogens with zero attached hydrogens (tertiary/aromatic N) is 3. The van der Waals surface area contributed by atoms with Crippen LogP contribution in [-0.2, 0) is 14.1 Å². The van der Waals surface area contributed by atoms with Gasteiger partial charge in [-0.3, -0.25) is 24.0 Å². The van der Waals surface area contributed by atoms with Gasteiger partial charge in [-0.1, -0.05) is 6.07 Å². The van der Waals surface area contributed by atoms with Crippen molar-refractivity contribution in [3.05, 3.63) is 60.3 Å². The molecule has 1 heterocycles. The third kappa shape index (κ3) is 3.18. The average Bonchev–Trinajstić information content (AvgIpc) is 2.57. The second kappa shape index (κ2) is 6.67. The summed E-state index contributed by atoms with van der Waals surface area (Å²) in [6.45, 7) is -0.619. The number of nitro groups is 1. The molecule has 0 aliphatic heterocycles. The summed E-state index contributed by atoms with van der Waals surface area (Å²) in [5, 5.41) is 20.9. The lowest BCUT2D eigenvalue weighted by Gasteiger charge is -2.18. The van der Waals surface area contributed by atoms with Crippen molar-refractivity contribution in [1.29, 1.82) is 0 Å². The monoisotopic (exact) mass is 350 g/mol. The van der Waals surface area contributed by atoms with Crippen molar-refractivity contribution in [2.45, 2.75) is 5.92 Å². The van der Waals surface area contributed by atoms with Crippen LogP contribution in [0.3, 0.4) is 0 Å². The molecule has 0 saturated carbocycles. The molecule has 0 aliphatic rings. The Bertz CT molecular complexity index is 946. The van der Waals surface area contributed by atoms with E-state index in [9.17, 15) is 24.8 Å². The number of nitrogen functional groups attached to an aromatic ring is 1. The Balaban J connectivity index is 2.79. The first-order valence-corrected chi connectivity index (χ1v) is 7.23. The van der Waals surface area contributed by atoms with Crippen molar-refractivity contribution in [3.8, 4) is 11.5 Å². The fraction of sp³-hybridized carbons (Fsp3) is 0.333. The van der Waals surface area contributed by atoms with Crippen LogP contribution in [0.25, 0.3) is 0 Å². The van der Waals surface area contributed by atoms with E-state index in [2.05, 4.69) is 0 Å². The third-order valence-corrected chi connectivity index (χ3v) is 4.03. The maximum atomic E-state index is 12.5. The highest BCUT2D eigenvalue weighted by Gasteiger charge is 2.29. The van der Waals surface area contributed by atoms with Crippen molar-refractivity contribution >= 4 is 5.82 Å². The van der Waals surface area contributed by atoms with Gasteiger partial charge in [0.25, 0.3) is 5.56 Å². The number of rotatable bonds is 5. The van der Waals surface area contributed by atoms with Gasteiger partial charge in [-0.2, -0.15) is 0 Å². The summed E-state index contributed by atoms with van der Waals surface area (Å²) in [6, 6.07) is 4.15. The van der Waals surface area contributed by atoms with E-state index in [0.717, 1.165) is 9.13 Å². The molecule has 2 aromatic rings. The number of phenols is 1. The lowest BCUT2D eigenvalue weighted by Crippen LogP contribution is -2.42. The highest BCUT2D eigenvalue weighted by atomic mass is 16.6. The van der Waals surface area contributed by atoms with Gasteiger partial charge >= 0.3 is 5.69 Å². The Morgan fingerprint density at radius 1 is 1.32 bits per heavy atom. The number of aromatic hydroxyl groups is 1. The van der Waals surface area contributed by atoms with Crippen LogP contribution in [-0.4, -0.2) is 32.8 Å². The molecule has 1 aromatic carbocycles. The van der Waals surface area contributed by atoms with Crippen molar-refractivity contribution < 1.29 is 14.8 Å². The predicted octanol–water partition coefficient (Wildman–Crippen LogP) is -0.211. The smallest absolute Gasteiger partial charge is 0.332 e. The zero-order valence-electron chi connectivity index (χ0n) is 13.9. The molecule has 1 aromatic heterocycles. The largest absolute Gasteiger partial charge is 0.504 e. The molecule has 25 heavy (non-hydrogen) atoms. The Morgan fingerprint density at radius 3 is 2.52 bits per heavy atom. The van der Waals surface area contributed by atoms with Gasteiger partial charge in [-0.15, -0.1) is 0 Å². The van der Waals surface area contributed by atoms with Gasteiger partial charge < -0.3 is 15.6 Å². The van der Waals surface area contributed by atoms with Crippen LogP contribution >= 0.6 is 0 Å². The van der Waals surface area contributed by atoms with Crippen LogP contribution < -0.4 is 21.7 Å². The molecule has 0 fully saturated rings. The van der Waals surface area contributed by atoms with Crippen LogP contribution in [0, 0.1) is 10.1 Å². The van der Waals surface area contributed by atoms with E-state index >= 15 is 0 Å². The molecule has 0 aliphatic carbocycles. The van der Waals surface area contributed by atoms with Crippen LogP contribution in [0.4, 0.5) is 5.82 Å². The van der Waals surface area contributed by atoms with Gasteiger partial charge in [0.15, 0.2) is 11.5 Å². The minimum atomic E-state index is -1.02. The highest BCUT2D eigenvalue weighted by Crippen LogP contribution is 2.33. The topological polar surface area (TPSA) is 143 Å². The number of hydrogen-bond donors (Lipinski definition) is 2. The van der Waals surface area contributed by atoms with Gasteiger partial charge in [-0.05, 0) is 17.7 Å². The summed E-state index contributed by atoms with van der Waals surface area (Å²) in [5.41, 5.74) is 4.87. The SMILES string of the molecule is COc1cc([C@@H](C[N+](=O)[O-])c2c(N)n(C)c(=O)n(C)c2=O)ccc1O. The summed E-state index contributed by atoms with van der Waals surface area (Å²) in [4.78, 5) is 35.1. The molecule has 0 radical (unpaired) electrons. The lowest BCUT2D eigenvalue weighted by atomic mass is 9.91. The molecule has 3 N–H and O–H groups in total. The van der Waals surface area contributed by atoms with Crippen LogP contribution in [0.15, 0.2) is 27.8 Å². The molecule has 134 valence electrons. The summed E-state index contributed by atoms with van der Waals surface area (Å²) in [7, 11) is 3.98. The maximum Gasteiger partial charge on any atom is 0.332 e. The minimum absolute atomic E-state index is 0.0611. The van der Waals surface area contributed by atoms with E-state index < -0.39 is 28.6 Å². The first-order chi connectivity index (χ1) is 11.7. The first-order valence-electron chi connectivity index (χ1n) is 7.23. The summed E-state index contributed by atoms with van der Waals surface area (Å²) < 4.78 is 6.91. The van der Waals surface area contributed by atoms with Gasteiger partial charge in [0.1, 0.15) is 5.82 Å². The number of ether oxygens (including phenoxy) is 1. The number of anilines is 1. The van der Waals surface area contributed by atoms with E-state index in [1.165, 1.54) is 39.4 Å². The highest BCUT2D eigenvalue weighted by molar-refractivity contribution is 5.50. The van der Waals surface area contributed by atoms with Gasteiger partial charge in [0.05, 0.1) is 18.6 Å². The number of nitrogens with two attached hydrogens (primary N) is 1. The lowest BCUT2D eigenvalue weighted by molar-refractivity contribution is -0.481. The fourth-order valence-electron chi connectivity index (χ4n) is 2.64. The van der Waals surface area contributed by atoms with Crippen molar-refractivity contribution in [1.82, 2.24) is 9.13 Å². The molecule has 0 unspecified atom stereocenters. The molecule has 0 saturated heterocycles. The fourth-order valence-corrected chi connectivity index (χ4v) is 2.64. The van der Waals surface area contributed by atoms with Gasteiger partial charge in [0, 0.05) is 19.0 Å². The average molecular weight is 350 g/mol. The molecular formula is C15H18N4O6. The van der Waals surface area contributed by atoms with Crippen molar-refractivity contribution in [2.24, 2.45) is 14.1 Å². The van der Waals surface area contributed by atoms with Gasteiger partial charge in [0.2, 0.25) is 6.54 Å². The Kier molecular flexibility index (Phi) is 4.82. The van der Waals surface area contributed by atoms with Crippen molar-refractivity contribution in [2.75, 3.05) is 19.4 Å². The predicted molar refractivity (Wildman–Crippen MR) is 89.7 cm³/mol. The first kappa shape index (κ1) is 18.0.